The first kappa shape index (κ1) is 16.0. The van der Waals surface area contributed by atoms with Crippen LogP contribution in [-0.2, 0) is 16.0 Å². The Hall–Kier alpha value is -2.37. The van der Waals surface area contributed by atoms with Crippen LogP contribution in [0.25, 0.3) is 11.0 Å². The molecule has 0 saturated carbocycles. The molecule has 2 rings (SSSR count). The highest BCUT2D eigenvalue weighted by molar-refractivity contribution is 5.84. The van der Waals surface area contributed by atoms with E-state index in [2.05, 4.69) is 15.3 Å². The summed E-state index contributed by atoms with van der Waals surface area (Å²) in [5.41, 5.74) is 2.93. The van der Waals surface area contributed by atoms with Gasteiger partial charge >= 0.3 is 5.97 Å². The second-order valence-corrected chi connectivity index (χ2v) is 5.78. The van der Waals surface area contributed by atoms with E-state index in [1.54, 1.807) is 13.8 Å². The number of aromatic amines is 1. The molecule has 0 bridgehead atoms. The van der Waals surface area contributed by atoms with Crippen LogP contribution >= 0.6 is 0 Å². The number of H-pyrrole nitrogens is 1. The third-order valence-electron chi connectivity index (χ3n) is 3.60. The Kier molecular flexibility index (Phi) is 4.80. The Labute approximate surface area is 128 Å². The normalized spacial score (nSPS) is 12.5. The Morgan fingerprint density at radius 2 is 2.09 bits per heavy atom. The Morgan fingerprint density at radius 3 is 2.68 bits per heavy atom. The van der Waals surface area contributed by atoms with Gasteiger partial charge in [-0.2, -0.15) is 0 Å². The Morgan fingerprint density at radius 1 is 1.36 bits per heavy atom. The van der Waals surface area contributed by atoms with Crippen molar-refractivity contribution >= 4 is 22.9 Å². The molecule has 0 fully saturated rings. The average molecular weight is 303 g/mol. The predicted octanol–water partition coefficient (Wildman–Crippen LogP) is 2.03. The summed E-state index contributed by atoms with van der Waals surface area (Å²) in [6.45, 7) is 5.52. The van der Waals surface area contributed by atoms with E-state index >= 15 is 0 Å². The van der Waals surface area contributed by atoms with E-state index in [1.165, 1.54) is 0 Å². The molecule has 1 aromatic heterocycles. The molecule has 1 amide bonds. The molecule has 0 saturated heterocycles. The van der Waals surface area contributed by atoms with Crippen LogP contribution in [0.15, 0.2) is 18.2 Å². The highest BCUT2D eigenvalue weighted by Crippen LogP contribution is 2.16. The third-order valence-corrected chi connectivity index (χ3v) is 3.60. The standard InChI is InChI=1S/C16H21N3O3/c1-9(2)14(16(21)22)19-13(20)8-7-12-17-11-6-4-5-10(3)15(11)18-12/h4-6,9,14H,7-8H2,1-3H3,(H,17,18)(H,19,20)(H,21,22)/t14-/m1/s1. The van der Waals surface area contributed by atoms with Crippen LogP contribution < -0.4 is 5.32 Å². The number of amides is 1. The Balaban J connectivity index is 1.98. The molecule has 22 heavy (non-hydrogen) atoms. The number of hydrogen-bond donors (Lipinski definition) is 3. The molecule has 0 aliphatic rings. The van der Waals surface area contributed by atoms with Gasteiger partial charge in [-0.3, -0.25) is 4.79 Å². The number of benzene rings is 1. The number of nitrogens with one attached hydrogen (secondary N) is 2. The first-order valence-corrected chi connectivity index (χ1v) is 7.35. The third kappa shape index (κ3) is 3.63. The van der Waals surface area contributed by atoms with E-state index in [0.717, 1.165) is 22.4 Å². The van der Waals surface area contributed by atoms with Gasteiger partial charge in [0.15, 0.2) is 0 Å². The number of carboxylic acid groups (broad SMARTS) is 1. The molecule has 1 atom stereocenters. The monoisotopic (exact) mass is 303 g/mol. The summed E-state index contributed by atoms with van der Waals surface area (Å²) in [5.74, 6) is -0.716. The molecule has 2 aromatic rings. The number of para-hydroxylation sites is 1. The van der Waals surface area contributed by atoms with E-state index in [9.17, 15) is 9.59 Å². The molecule has 0 aliphatic heterocycles. The summed E-state index contributed by atoms with van der Waals surface area (Å²) in [4.78, 5) is 30.6. The minimum atomic E-state index is -1.01. The average Bonchev–Trinajstić information content (AvgIpc) is 2.86. The summed E-state index contributed by atoms with van der Waals surface area (Å²) in [5, 5.41) is 11.6. The zero-order valence-corrected chi connectivity index (χ0v) is 13.0. The highest BCUT2D eigenvalue weighted by atomic mass is 16.4. The minimum absolute atomic E-state index is 0.157. The molecule has 118 valence electrons. The van der Waals surface area contributed by atoms with Crippen molar-refractivity contribution in [3.63, 3.8) is 0 Å². The fourth-order valence-electron chi connectivity index (χ4n) is 2.34. The van der Waals surface area contributed by atoms with Crippen LogP contribution in [0.2, 0.25) is 0 Å². The van der Waals surface area contributed by atoms with Gasteiger partial charge in [0.1, 0.15) is 11.9 Å². The molecule has 3 N–H and O–H groups in total. The van der Waals surface area contributed by atoms with Crippen molar-refractivity contribution in [1.29, 1.82) is 0 Å². The van der Waals surface area contributed by atoms with Gasteiger partial charge in [-0.1, -0.05) is 26.0 Å². The lowest BCUT2D eigenvalue weighted by molar-refractivity contribution is -0.143. The van der Waals surface area contributed by atoms with E-state index in [4.69, 9.17) is 5.11 Å². The van der Waals surface area contributed by atoms with Gasteiger partial charge in [0.2, 0.25) is 5.91 Å². The van der Waals surface area contributed by atoms with Crippen LogP contribution in [-0.4, -0.2) is 33.0 Å². The molecular weight excluding hydrogens is 282 g/mol. The number of aliphatic carboxylic acids is 1. The lowest BCUT2D eigenvalue weighted by Crippen LogP contribution is -2.44. The zero-order chi connectivity index (χ0) is 16.3. The van der Waals surface area contributed by atoms with Crippen molar-refractivity contribution in [3.8, 4) is 0 Å². The zero-order valence-electron chi connectivity index (χ0n) is 13.0. The number of nitrogens with zero attached hydrogens (tertiary/aromatic N) is 1. The molecule has 6 heteroatoms. The fourth-order valence-corrected chi connectivity index (χ4v) is 2.34. The number of aromatic nitrogens is 2. The first-order valence-electron chi connectivity index (χ1n) is 7.35. The number of carbonyl (C=O) groups is 2. The summed E-state index contributed by atoms with van der Waals surface area (Å²) in [7, 11) is 0. The molecule has 6 nitrogen and oxygen atoms in total. The van der Waals surface area contributed by atoms with Gasteiger partial charge in [0, 0.05) is 12.8 Å². The first-order chi connectivity index (χ1) is 10.4. The SMILES string of the molecule is Cc1cccc2[nH]c(CCC(=O)N[C@@H](C(=O)O)C(C)C)nc12. The summed E-state index contributed by atoms with van der Waals surface area (Å²) < 4.78 is 0. The van der Waals surface area contributed by atoms with Gasteiger partial charge in [-0.15, -0.1) is 0 Å². The Bertz CT molecular complexity index is 691. The highest BCUT2D eigenvalue weighted by Gasteiger charge is 2.23. The van der Waals surface area contributed by atoms with E-state index in [0.29, 0.717) is 6.42 Å². The van der Waals surface area contributed by atoms with Crippen LogP contribution in [0.5, 0.6) is 0 Å². The second kappa shape index (κ2) is 6.60. The molecule has 0 unspecified atom stereocenters. The molecule has 0 radical (unpaired) electrons. The summed E-state index contributed by atoms with van der Waals surface area (Å²) in [6, 6.07) is 5.02. The van der Waals surface area contributed by atoms with Gasteiger partial charge in [-0.05, 0) is 24.5 Å². The van der Waals surface area contributed by atoms with Gasteiger partial charge in [-0.25, -0.2) is 9.78 Å². The number of hydrogen-bond acceptors (Lipinski definition) is 3. The number of fused-ring (bicyclic) bond motifs is 1. The van der Waals surface area contributed by atoms with Crippen molar-refractivity contribution in [1.82, 2.24) is 15.3 Å². The van der Waals surface area contributed by atoms with Crippen LogP contribution in [0.4, 0.5) is 0 Å². The molecule has 1 aromatic carbocycles. The lowest BCUT2D eigenvalue weighted by atomic mass is 10.0. The number of aryl methyl sites for hydroxylation is 2. The van der Waals surface area contributed by atoms with Crippen molar-refractivity contribution in [2.75, 3.05) is 0 Å². The van der Waals surface area contributed by atoms with Crippen LogP contribution in [0, 0.1) is 12.8 Å². The van der Waals surface area contributed by atoms with Crippen molar-refractivity contribution in [3.05, 3.63) is 29.6 Å². The van der Waals surface area contributed by atoms with E-state index < -0.39 is 12.0 Å². The largest absolute Gasteiger partial charge is 0.480 e. The van der Waals surface area contributed by atoms with Crippen molar-refractivity contribution in [2.24, 2.45) is 5.92 Å². The summed E-state index contributed by atoms with van der Waals surface area (Å²) in [6.07, 6.45) is 0.653. The smallest absolute Gasteiger partial charge is 0.326 e. The maximum absolute atomic E-state index is 11.9. The summed E-state index contributed by atoms with van der Waals surface area (Å²) >= 11 is 0. The van der Waals surface area contributed by atoms with Gasteiger partial charge in [0.05, 0.1) is 11.0 Å². The van der Waals surface area contributed by atoms with Crippen molar-refractivity contribution < 1.29 is 14.7 Å². The topological polar surface area (TPSA) is 95.1 Å². The number of imidazole rings is 1. The molecule has 0 spiro atoms. The minimum Gasteiger partial charge on any atom is -0.480 e. The van der Waals surface area contributed by atoms with Gasteiger partial charge < -0.3 is 15.4 Å². The lowest BCUT2D eigenvalue weighted by Gasteiger charge is -2.17. The molecule has 1 heterocycles. The van der Waals surface area contributed by atoms with Crippen molar-refractivity contribution in [2.45, 2.75) is 39.7 Å². The number of rotatable bonds is 6. The van der Waals surface area contributed by atoms with Crippen LogP contribution in [0.3, 0.4) is 0 Å². The number of carbonyl (C=O) groups excluding carboxylic acids is 1. The van der Waals surface area contributed by atoms with E-state index in [-0.39, 0.29) is 18.2 Å². The quantitative estimate of drug-likeness (QED) is 0.761. The fraction of sp³-hybridized carbons (Fsp3) is 0.438. The molecular formula is C16H21N3O3. The second-order valence-electron chi connectivity index (χ2n) is 5.78. The predicted molar refractivity (Wildman–Crippen MR) is 83.6 cm³/mol. The maximum Gasteiger partial charge on any atom is 0.326 e. The van der Waals surface area contributed by atoms with E-state index in [1.807, 2.05) is 25.1 Å². The molecule has 0 aliphatic carbocycles. The van der Waals surface area contributed by atoms with Gasteiger partial charge in [0.25, 0.3) is 0 Å². The maximum atomic E-state index is 11.9. The van der Waals surface area contributed by atoms with Crippen LogP contribution in [0.1, 0.15) is 31.7 Å². The number of carboxylic acids is 1.